The van der Waals surface area contributed by atoms with Crippen LogP contribution in [0.25, 0.3) is 0 Å². The Hall–Kier alpha value is -2.01. The topological polar surface area (TPSA) is 58.2 Å². The maximum atomic E-state index is 11.3. The lowest BCUT2D eigenvalue weighted by molar-refractivity contribution is 0.607. The molecule has 21 heavy (non-hydrogen) atoms. The molecule has 0 aromatic heterocycles. The summed E-state index contributed by atoms with van der Waals surface area (Å²) < 4.78 is 25.0. The molecule has 112 valence electrons. The molecule has 0 aliphatic carbocycles. The Morgan fingerprint density at radius 3 is 2.33 bits per heavy atom. The van der Waals surface area contributed by atoms with E-state index >= 15 is 0 Å². The van der Waals surface area contributed by atoms with E-state index in [1.54, 1.807) is 6.07 Å². The summed E-state index contributed by atoms with van der Waals surface area (Å²) in [5.41, 5.74) is 4.95. The monoisotopic (exact) mass is 304 g/mol. The van der Waals surface area contributed by atoms with Crippen molar-refractivity contribution in [2.24, 2.45) is 0 Å². The van der Waals surface area contributed by atoms with Gasteiger partial charge in [-0.15, -0.1) is 0 Å². The van der Waals surface area contributed by atoms with Gasteiger partial charge >= 0.3 is 0 Å². The van der Waals surface area contributed by atoms with E-state index < -0.39 is 10.0 Å². The van der Waals surface area contributed by atoms with Crippen LogP contribution in [0, 0.1) is 13.8 Å². The maximum Gasteiger partial charge on any atom is 0.229 e. The number of nitrogens with one attached hydrogen (secondary N) is 2. The van der Waals surface area contributed by atoms with E-state index in [9.17, 15) is 8.42 Å². The van der Waals surface area contributed by atoms with Crippen LogP contribution in [0.2, 0.25) is 0 Å². The molecule has 0 unspecified atom stereocenters. The first-order chi connectivity index (χ1) is 9.85. The highest BCUT2D eigenvalue weighted by molar-refractivity contribution is 7.92. The van der Waals surface area contributed by atoms with E-state index in [0.29, 0.717) is 5.69 Å². The van der Waals surface area contributed by atoms with Crippen molar-refractivity contribution in [2.75, 3.05) is 16.3 Å². The van der Waals surface area contributed by atoms with Crippen molar-refractivity contribution in [3.8, 4) is 0 Å². The molecule has 5 heteroatoms. The first kappa shape index (κ1) is 15.4. The summed E-state index contributed by atoms with van der Waals surface area (Å²) in [7, 11) is -3.24. The van der Waals surface area contributed by atoms with Crippen molar-refractivity contribution >= 4 is 21.4 Å². The van der Waals surface area contributed by atoms with Crippen LogP contribution in [-0.4, -0.2) is 14.7 Å². The minimum absolute atomic E-state index is 0.610. The van der Waals surface area contributed by atoms with Gasteiger partial charge in [-0.05, 0) is 48.7 Å². The number of rotatable bonds is 5. The van der Waals surface area contributed by atoms with Gasteiger partial charge in [-0.25, -0.2) is 8.42 Å². The van der Waals surface area contributed by atoms with Gasteiger partial charge in [0.15, 0.2) is 0 Å². The summed E-state index contributed by atoms with van der Waals surface area (Å²) in [6, 6.07) is 13.8. The molecule has 0 atom stereocenters. The van der Waals surface area contributed by atoms with Crippen molar-refractivity contribution in [1.82, 2.24) is 0 Å². The highest BCUT2D eigenvalue weighted by Gasteiger charge is 2.05. The highest BCUT2D eigenvalue weighted by atomic mass is 32.2. The minimum Gasteiger partial charge on any atom is -0.381 e. The molecule has 0 saturated heterocycles. The van der Waals surface area contributed by atoms with Crippen molar-refractivity contribution < 1.29 is 8.42 Å². The zero-order chi connectivity index (χ0) is 15.5. The Balaban J connectivity index is 2.09. The smallest absolute Gasteiger partial charge is 0.229 e. The molecular formula is C16H20N2O2S. The molecular weight excluding hydrogens is 284 g/mol. The number of benzene rings is 2. The molecule has 2 rings (SSSR count). The van der Waals surface area contributed by atoms with Gasteiger partial charge in [0.2, 0.25) is 10.0 Å². The van der Waals surface area contributed by atoms with Crippen LogP contribution in [0.1, 0.15) is 16.7 Å². The summed E-state index contributed by atoms with van der Waals surface area (Å²) in [5, 5.41) is 3.36. The van der Waals surface area contributed by atoms with Crippen LogP contribution in [0.4, 0.5) is 11.4 Å². The summed E-state index contributed by atoms with van der Waals surface area (Å²) in [5.74, 6) is 0. The Morgan fingerprint density at radius 2 is 1.71 bits per heavy atom. The number of aryl methyl sites for hydroxylation is 2. The zero-order valence-corrected chi connectivity index (χ0v) is 13.3. The average molecular weight is 304 g/mol. The van der Waals surface area contributed by atoms with Gasteiger partial charge in [0.05, 0.1) is 11.9 Å². The highest BCUT2D eigenvalue weighted by Crippen LogP contribution is 2.21. The van der Waals surface area contributed by atoms with Crippen LogP contribution in [0.3, 0.4) is 0 Å². The van der Waals surface area contributed by atoms with Gasteiger partial charge in [-0.2, -0.15) is 0 Å². The molecule has 0 heterocycles. The fraction of sp³-hybridized carbons (Fsp3) is 0.250. The van der Waals surface area contributed by atoms with Crippen molar-refractivity contribution in [1.29, 1.82) is 0 Å². The molecule has 0 amide bonds. The number of hydrogen-bond acceptors (Lipinski definition) is 3. The van der Waals surface area contributed by atoms with Gasteiger partial charge in [0.1, 0.15) is 0 Å². The van der Waals surface area contributed by atoms with Crippen molar-refractivity contribution in [3.63, 3.8) is 0 Å². The van der Waals surface area contributed by atoms with Gasteiger partial charge in [0, 0.05) is 12.2 Å². The molecule has 0 aliphatic heterocycles. The van der Waals surface area contributed by atoms with E-state index in [-0.39, 0.29) is 0 Å². The second-order valence-electron chi connectivity index (χ2n) is 5.18. The molecule has 0 spiro atoms. The Bertz CT molecular complexity index is 740. The predicted molar refractivity (Wildman–Crippen MR) is 88.2 cm³/mol. The second kappa shape index (κ2) is 6.18. The lowest BCUT2D eigenvalue weighted by Gasteiger charge is -2.12. The molecule has 2 N–H and O–H groups in total. The normalized spacial score (nSPS) is 11.2. The number of anilines is 2. The fourth-order valence-corrected chi connectivity index (χ4v) is 2.72. The van der Waals surface area contributed by atoms with Crippen molar-refractivity contribution in [3.05, 3.63) is 59.2 Å². The van der Waals surface area contributed by atoms with E-state index in [0.717, 1.165) is 24.1 Å². The summed E-state index contributed by atoms with van der Waals surface area (Å²) in [6.45, 7) is 4.71. The van der Waals surface area contributed by atoms with Crippen LogP contribution < -0.4 is 10.0 Å². The molecule has 2 aromatic rings. The third-order valence-electron chi connectivity index (χ3n) is 3.27. The summed E-state index contributed by atoms with van der Waals surface area (Å²) >= 11 is 0. The van der Waals surface area contributed by atoms with Crippen LogP contribution in [0.15, 0.2) is 42.5 Å². The van der Waals surface area contributed by atoms with Crippen molar-refractivity contribution in [2.45, 2.75) is 20.4 Å². The third kappa shape index (κ3) is 4.49. The van der Waals surface area contributed by atoms with Gasteiger partial charge in [0.25, 0.3) is 0 Å². The van der Waals surface area contributed by atoms with E-state index in [2.05, 4.69) is 29.1 Å². The number of sulfonamides is 1. The molecule has 0 saturated carbocycles. The lowest BCUT2D eigenvalue weighted by atomic mass is 10.1. The lowest BCUT2D eigenvalue weighted by Crippen LogP contribution is -2.10. The molecule has 0 aliphatic rings. The van der Waals surface area contributed by atoms with Crippen LogP contribution in [0.5, 0.6) is 0 Å². The fourth-order valence-electron chi connectivity index (χ4n) is 2.09. The zero-order valence-electron chi connectivity index (χ0n) is 12.5. The average Bonchev–Trinajstić information content (AvgIpc) is 2.39. The van der Waals surface area contributed by atoms with Gasteiger partial charge in [-0.3, -0.25) is 4.72 Å². The first-order valence-electron chi connectivity index (χ1n) is 6.72. The molecule has 0 fully saturated rings. The van der Waals surface area contributed by atoms with Gasteiger partial charge < -0.3 is 5.32 Å². The standard InChI is InChI=1S/C16H20N2O2S/c1-12-6-4-5-7-14(12)11-17-15-8-9-16(13(2)10-15)18-21(3,19)20/h4-10,17-18H,11H2,1-3H3. The third-order valence-corrected chi connectivity index (χ3v) is 3.86. The SMILES string of the molecule is Cc1ccccc1CNc1ccc(NS(C)(=O)=O)c(C)c1. The predicted octanol–water partition coefficient (Wildman–Crippen LogP) is 3.29. The Morgan fingerprint density at radius 1 is 1.00 bits per heavy atom. The van der Waals surface area contributed by atoms with Crippen LogP contribution in [-0.2, 0) is 16.6 Å². The first-order valence-corrected chi connectivity index (χ1v) is 8.61. The largest absolute Gasteiger partial charge is 0.381 e. The molecule has 0 radical (unpaired) electrons. The maximum absolute atomic E-state index is 11.3. The Labute approximate surface area is 126 Å². The van der Waals surface area contributed by atoms with E-state index in [4.69, 9.17) is 0 Å². The molecule has 2 aromatic carbocycles. The second-order valence-corrected chi connectivity index (χ2v) is 6.93. The minimum atomic E-state index is -3.24. The number of hydrogen-bond donors (Lipinski definition) is 2. The summed E-state index contributed by atoms with van der Waals surface area (Å²) in [4.78, 5) is 0. The van der Waals surface area contributed by atoms with E-state index in [1.165, 1.54) is 11.1 Å². The van der Waals surface area contributed by atoms with Gasteiger partial charge in [-0.1, -0.05) is 24.3 Å². The Kier molecular flexibility index (Phi) is 4.53. The summed E-state index contributed by atoms with van der Waals surface area (Å²) in [6.07, 6.45) is 1.15. The molecule has 0 bridgehead atoms. The van der Waals surface area contributed by atoms with Crippen LogP contribution >= 0.6 is 0 Å². The quantitative estimate of drug-likeness (QED) is 0.891. The van der Waals surface area contributed by atoms with E-state index in [1.807, 2.05) is 31.2 Å². The molecule has 4 nitrogen and oxygen atoms in total.